The summed E-state index contributed by atoms with van der Waals surface area (Å²) >= 11 is 1.84. The average molecular weight is 225 g/mol. The summed E-state index contributed by atoms with van der Waals surface area (Å²) in [7, 11) is 0. The molecule has 2 rings (SSSR count). The minimum Gasteiger partial charge on any atom is -0.396 e. The van der Waals surface area contributed by atoms with Crippen LogP contribution in [0.1, 0.15) is 24.1 Å². The van der Waals surface area contributed by atoms with E-state index >= 15 is 0 Å². The van der Waals surface area contributed by atoms with E-state index in [9.17, 15) is 0 Å². The van der Waals surface area contributed by atoms with Crippen molar-refractivity contribution in [2.45, 2.75) is 25.8 Å². The van der Waals surface area contributed by atoms with Gasteiger partial charge in [-0.2, -0.15) is 0 Å². The van der Waals surface area contributed by atoms with Crippen LogP contribution in [0.2, 0.25) is 0 Å². The van der Waals surface area contributed by atoms with Crippen LogP contribution in [0.4, 0.5) is 0 Å². The van der Waals surface area contributed by atoms with E-state index in [1.165, 1.54) is 30.8 Å². The quantitative estimate of drug-likeness (QED) is 0.850. The summed E-state index contributed by atoms with van der Waals surface area (Å²) in [4.78, 5) is 3.98. The van der Waals surface area contributed by atoms with Gasteiger partial charge in [0.25, 0.3) is 0 Å². The van der Waals surface area contributed by atoms with Gasteiger partial charge in [0.1, 0.15) is 0 Å². The molecule has 1 fully saturated rings. The molecule has 15 heavy (non-hydrogen) atoms. The van der Waals surface area contributed by atoms with Crippen molar-refractivity contribution in [1.29, 1.82) is 0 Å². The fourth-order valence-corrected chi connectivity index (χ4v) is 3.08. The number of hydrogen-bond donors (Lipinski definition) is 1. The molecule has 0 aliphatic carbocycles. The molecule has 0 aromatic carbocycles. The monoisotopic (exact) mass is 225 g/mol. The molecule has 1 aliphatic heterocycles. The zero-order chi connectivity index (χ0) is 10.5. The van der Waals surface area contributed by atoms with E-state index in [1.54, 1.807) is 0 Å². The molecule has 2 heterocycles. The fraction of sp³-hybridized carbons (Fsp3) is 0.667. The highest BCUT2D eigenvalue weighted by molar-refractivity contribution is 7.09. The SMILES string of the molecule is OCCC1CCCN(Cc2cccs2)C1. The van der Waals surface area contributed by atoms with Gasteiger partial charge < -0.3 is 5.11 Å². The molecular weight excluding hydrogens is 206 g/mol. The molecule has 0 amide bonds. The highest BCUT2D eigenvalue weighted by Crippen LogP contribution is 2.22. The predicted octanol–water partition coefficient (Wildman–Crippen LogP) is 2.34. The Morgan fingerprint density at radius 2 is 2.47 bits per heavy atom. The zero-order valence-electron chi connectivity index (χ0n) is 9.06. The second-order valence-corrected chi connectivity index (χ2v) is 5.37. The minimum atomic E-state index is 0.345. The third-order valence-electron chi connectivity index (χ3n) is 3.10. The first-order valence-corrected chi connectivity index (χ1v) is 6.62. The minimum absolute atomic E-state index is 0.345. The lowest BCUT2D eigenvalue weighted by Gasteiger charge is -2.32. The number of hydrogen-bond acceptors (Lipinski definition) is 3. The van der Waals surface area contributed by atoms with Gasteiger partial charge in [-0.15, -0.1) is 11.3 Å². The second kappa shape index (κ2) is 5.64. The largest absolute Gasteiger partial charge is 0.396 e. The molecule has 1 atom stereocenters. The summed E-state index contributed by atoms with van der Waals surface area (Å²) in [5, 5.41) is 11.1. The summed E-state index contributed by atoms with van der Waals surface area (Å²) in [5.74, 6) is 0.712. The van der Waals surface area contributed by atoms with E-state index in [0.29, 0.717) is 12.5 Å². The molecule has 0 radical (unpaired) electrons. The van der Waals surface area contributed by atoms with Crippen molar-refractivity contribution in [2.24, 2.45) is 5.92 Å². The standard InChI is InChI=1S/C12H19NOS/c14-7-5-11-3-1-6-13(9-11)10-12-4-2-8-15-12/h2,4,8,11,14H,1,3,5-7,9-10H2. The molecule has 1 aromatic heterocycles. The lowest BCUT2D eigenvalue weighted by Crippen LogP contribution is -2.35. The Morgan fingerprint density at radius 3 is 3.20 bits per heavy atom. The van der Waals surface area contributed by atoms with Gasteiger partial charge in [0.15, 0.2) is 0 Å². The fourth-order valence-electron chi connectivity index (χ4n) is 2.34. The van der Waals surface area contributed by atoms with Gasteiger partial charge in [0, 0.05) is 24.6 Å². The first-order valence-electron chi connectivity index (χ1n) is 5.74. The van der Waals surface area contributed by atoms with Crippen LogP contribution in [0.15, 0.2) is 17.5 Å². The summed E-state index contributed by atoms with van der Waals surface area (Å²) in [6.07, 6.45) is 3.55. The Hall–Kier alpha value is -0.380. The number of piperidine rings is 1. The highest BCUT2D eigenvalue weighted by atomic mass is 32.1. The van der Waals surface area contributed by atoms with Gasteiger partial charge in [0.05, 0.1) is 0 Å². The van der Waals surface area contributed by atoms with E-state index in [-0.39, 0.29) is 0 Å². The van der Waals surface area contributed by atoms with Crippen LogP contribution in [0.25, 0.3) is 0 Å². The maximum absolute atomic E-state index is 8.94. The summed E-state index contributed by atoms with van der Waals surface area (Å²) in [6, 6.07) is 4.33. The average Bonchev–Trinajstić information content (AvgIpc) is 2.71. The van der Waals surface area contributed by atoms with Crippen molar-refractivity contribution in [2.75, 3.05) is 19.7 Å². The number of likely N-dealkylation sites (tertiary alicyclic amines) is 1. The van der Waals surface area contributed by atoms with Gasteiger partial charge in [-0.3, -0.25) is 4.90 Å². The summed E-state index contributed by atoms with van der Waals surface area (Å²) in [5.41, 5.74) is 0. The van der Waals surface area contributed by atoms with Crippen molar-refractivity contribution in [3.8, 4) is 0 Å². The summed E-state index contributed by atoms with van der Waals surface area (Å²) in [6.45, 7) is 3.83. The first kappa shape index (κ1) is 11.1. The third kappa shape index (κ3) is 3.30. The van der Waals surface area contributed by atoms with Crippen LogP contribution >= 0.6 is 11.3 Å². The molecule has 3 heteroatoms. The Kier molecular flexibility index (Phi) is 4.18. The van der Waals surface area contributed by atoms with Crippen LogP contribution < -0.4 is 0 Å². The third-order valence-corrected chi connectivity index (χ3v) is 3.96. The Labute approximate surface area is 95.5 Å². The second-order valence-electron chi connectivity index (χ2n) is 4.34. The van der Waals surface area contributed by atoms with Gasteiger partial charge in [-0.25, -0.2) is 0 Å². The van der Waals surface area contributed by atoms with E-state index in [1.807, 2.05) is 11.3 Å². The van der Waals surface area contributed by atoms with E-state index in [2.05, 4.69) is 22.4 Å². The van der Waals surface area contributed by atoms with Crippen molar-refractivity contribution in [3.63, 3.8) is 0 Å². The smallest absolute Gasteiger partial charge is 0.0434 e. The Balaban J connectivity index is 1.82. The van der Waals surface area contributed by atoms with Crippen molar-refractivity contribution in [1.82, 2.24) is 4.90 Å². The van der Waals surface area contributed by atoms with Gasteiger partial charge in [-0.1, -0.05) is 6.07 Å². The number of thiophene rings is 1. The van der Waals surface area contributed by atoms with Gasteiger partial charge in [-0.05, 0) is 43.2 Å². The van der Waals surface area contributed by atoms with Crippen LogP contribution in [0.3, 0.4) is 0 Å². The van der Waals surface area contributed by atoms with Crippen LogP contribution in [-0.2, 0) is 6.54 Å². The maximum Gasteiger partial charge on any atom is 0.0434 e. The zero-order valence-corrected chi connectivity index (χ0v) is 9.88. The molecule has 2 nitrogen and oxygen atoms in total. The number of aliphatic hydroxyl groups excluding tert-OH is 1. The molecule has 0 spiro atoms. The van der Waals surface area contributed by atoms with E-state index in [4.69, 9.17) is 5.11 Å². The molecule has 1 aliphatic rings. The lowest BCUT2D eigenvalue weighted by molar-refractivity contribution is 0.143. The molecule has 0 bridgehead atoms. The number of nitrogens with zero attached hydrogens (tertiary/aromatic N) is 1. The molecule has 1 aromatic rings. The summed E-state index contributed by atoms with van der Waals surface area (Å²) < 4.78 is 0. The van der Waals surface area contributed by atoms with Crippen molar-refractivity contribution >= 4 is 11.3 Å². The normalized spacial score (nSPS) is 23.1. The van der Waals surface area contributed by atoms with Crippen LogP contribution in [-0.4, -0.2) is 29.7 Å². The number of rotatable bonds is 4. The Morgan fingerprint density at radius 1 is 1.53 bits per heavy atom. The van der Waals surface area contributed by atoms with Crippen molar-refractivity contribution in [3.05, 3.63) is 22.4 Å². The molecule has 0 saturated carbocycles. The van der Waals surface area contributed by atoms with Gasteiger partial charge >= 0.3 is 0 Å². The maximum atomic E-state index is 8.94. The molecule has 1 unspecified atom stereocenters. The highest BCUT2D eigenvalue weighted by Gasteiger charge is 2.19. The number of aliphatic hydroxyl groups is 1. The van der Waals surface area contributed by atoms with Crippen molar-refractivity contribution < 1.29 is 5.11 Å². The molecule has 1 N–H and O–H groups in total. The Bertz CT molecular complexity index is 271. The van der Waals surface area contributed by atoms with Gasteiger partial charge in [0.2, 0.25) is 0 Å². The van der Waals surface area contributed by atoms with Crippen LogP contribution in [0, 0.1) is 5.92 Å². The van der Waals surface area contributed by atoms with E-state index in [0.717, 1.165) is 13.0 Å². The molecule has 1 saturated heterocycles. The van der Waals surface area contributed by atoms with E-state index < -0.39 is 0 Å². The van der Waals surface area contributed by atoms with Crippen LogP contribution in [0.5, 0.6) is 0 Å². The molecular formula is C12H19NOS. The first-order chi connectivity index (χ1) is 7.38. The molecule has 84 valence electrons. The lowest BCUT2D eigenvalue weighted by atomic mass is 9.95. The predicted molar refractivity (Wildman–Crippen MR) is 64.0 cm³/mol. The topological polar surface area (TPSA) is 23.5 Å².